The Morgan fingerprint density at radius 1 is 1.56 bits per heavy atom. The molecule has 4 heteroatoms. The summed E-state index contributed by atoms with van der Waals surface area (Å²) in [4.78, 5) is 17.1. The number of nitrogen functional groups attached to an aromatic ring is 1. The average molecular weight is 123 g/mol. The summed E-state index contributed by atoms with van der Waals surface area (Å²) >= 11 is 0. The molecule has 0 aliphatic heterocycles. The predicted octanol–water partition coefficient (Wildman–Crippen LogP) is -0.581. The molecule has 0 aliphatic carbocycles. The second kappa shape index (κ2) is 2.21. The van der Waals surface area contributed by atoms with Gasteiger partial charge in [0.25, 0.3) is 0 Å². The molecule has 0 atom stereocenters. The first-order chi connectivity index (χ1) is 4.29. The van der Waals surface area contributed by atoms with E-state index in [4.69, 9.17) is 5.73 Å². The first kappa shape index (κ1) is 5.68. The Kier molecular flexibility index (Phi) is 1.40. The molecule has 0 saturated heterocycles. The van der Waals surface area contributed by atoms with Crippen molar-refractivity contribution in [2.24, 2.45) is 0 Å². The van der Waals surface area contributed by atoms with E-state index in [-0.39, 0.29) is 5.82 Å². The molecule has 0 unspecified atom stereocenters. The van der Waals surface area contributed by atoms with Crippen LogP contribution in [0.5, 0.6) is 0 Å². The molecule has 4 nitrogen and oxygen atoms in total. The molecule has 1 aromatic heterocycles. The third-order valence-corrected chi connectivity index (χ3v) is 0.763. The average Bonchev–Trinajstić information content (AvgIpc) is 1.93. The number of nitrogens with zero attached hydrogens (tertiary/aromatic N) is 2. The number of rotatable bonds is 0. The van der Waals surface area contributed by atoms with Gasteiger partial charge in [-0.05, 0) is 12.1 Å². The van der Waals surface area contributed by atoms with Crippen LogP contribution in [0.15, 0.2) is 23.1 Å². The van der Waals surface area contributed by atoms with Gasteiger partial charge in [-0.1, -0.05) is 0 Å². The number of anilines is 1. The molecular formula is C5H5N3O. The topological polar surface area (TPSA) is 68.9 Å². The minimum absolute atomic E-state index is 0.192. The lowest BCUT2D eigenvalue weighted by Gasteiger charge is -1.74. The van der Waals surface area contributed by atoms with Crippen molar-refractivity contribution in [1.82, 2.24) is 9.97 Å². The summed E-state index contributed by atoms with van der Waals surface area (Å²) in [5.41, 5.74) is 4.63. The summed E-state index contributed by atoms with van der Waals surface area (Å²) < 4.78 is 0. The molecule has 0 saturated carbocycles. The van der Waals surface area contributed by atoms with E-state index in [1.807, 2.05) is 0 Å². The molecule has 0 bridgehead atoms. The van der Waals surface area contributed by atoms with Crippen LogP contribution in [0.4, 0.5) is 5.82 Å². The van der Waals surface area contributed by atoms with Gasteiger partial charge in [0.2, 0.25) is 0 Å². The number of nitrogens with two attached hydrogens (primary N) is 1. The van der Waals surface area contributed by atoms with Gasteiger partial charge in [-0.2, -0.15) is 4.98 Å². The molecule has 0 radical (unpaired) electrons. The lowest BCUT2D eigenvalue weighted by atomic mass is 10.6. The summed E-state index contributed by atoms with van der Waals surface area (Å²) in [6, 6.07) is 3.07. The van der Waals surface area contributed by atoms with Gasteiger partial charge in [0.05, 0.1) is 0 Å². The number of aromatic nitrogens is 2. The molecule has 0 spiro atoms. The maximum atomic E-state index is 10.4. The lowest BCUT2D eigenvalue weighted by molar-refractivity contribution is 1.12. The molecule has 0 fully saturated rings. The Morgan fingerprint density at radius 3 is 3.11 bits per heavy atom. The van der Waals surface area contributed by atoms with Gasteiger partial charge in [-0.15, -0.1) is 0 Å². The smallest absolute Gasteiger partial charge is 0.368 e. The molecule has 1 aromatic rings. The molecule has 46 valence electrons. The summed E-state index contributed by atoms with van der Waals surface area (Å²) in [7, 11) is 0. The van der Waals surface area contributed by atoms with Crippen LogP contribution in [-0.2, 0) is 0 Å². The van der Waals surface area contributed by atoms with Crippen molar-refractivity contribution in [2.75, 3.05) is 5.73 Å². The Bertz CT molecular complexity index is 260. The Balaban J connectivity index is 3.37. The van der Waals surface area contributed by atoms with Gasteiger partial charge in [-0.25, -0.2) is 9.78 Å². The van der Waals surface area contributed by atoms with E-state index in [9.17, 15) is 4.79 Å². The van der Waals surface area contributed by atoms with Crippen LogP contribution < -0.4 is 11.4 Å². The van der Waals surface area contributed by atoms with Crippen LogP contribution in [0.25, 0.3) is 0 Å². The van der Waals surface area contributed by atoms with Gasteiger partial charge >= 0.3 is 5.69 Å². The van der Waals surface area contributed by atoms with Crippen molar-refractivity contribution >= 4 is 5.82 Å². The second-order valence-electron chi connectivity index (χ2n) is 1.46. The van der Waals surface area contributed by atoms with Gasteiger partial charge < -0.3 is 5.73 Å². The van der Waals surface area contributed by atoms with Crippen molar-refractivity contribution in [3.63, 3.8) is 0 Å². The van der Waals surface area contributed by atoms with Crippen LogP contribution in [0, 0.1) is 0 Å². The Labute approximate surface area is 51.4 Å². The highest BCUT2D eigenvalue weighted by molar-refractivity contribution is 5.23. The minimum Gasteiger partial charge on any atom is -0.384 e. The van der Waals surface area contributed by atoms with Gasteiger partial charge in [0.15, 0.2) is 0 Å². The van der Waals surface area contributed by atoms with E-state index in [1.165, 1.54) is 12.3 Å². The van der Waals surface area contributed by atoms with E-state index in [2.05, 4.69) is 9.97 Å². The van der Waals surface area contributed by atoms with Crippen molar-refractivity contribution in [3.05, 3.63) is 28.8 Å². The quantitative estimate of drug-likeness (QED) is 0.501. The largest absolute Gasteiger partial charge is 0.384 e. The van der Waals surface area contributed by atoms with Crippen LogP contribution >= 0.6 is 0 Å². The molecule has 0 aromatic carbocycles. The maximum absolute atomic E-state index is 10.4. The summed E-state index contributed by atoms with van der Waals surface area (Å²) in [6.45, 7) is 0. The highest BCUT2D eigenvalue weighted by atomic mass is 16.1. The maximum Gasteiger partial charge on any atom is 0.368 e. The first-order valence-electron chi connectivity index (χ1n) is 2.38. The van der Waals surface area contributed by atoms with Crippen LogP contribution in [-0.4, -0.2) is 9.97 Å². The van der Waals surface area contributed by atoms with E-state index < -0.39 is 5.69 Å². The van der Waals surface area contributed by atoms with Crippen molar-refractivity contribution in [1.29, 1.82) is 0 Å². The molecular weight excluding hydrogens is 118 g/mol. The molecule has 9 heavy (non-hydrogen) atoms. The van der Waals surface area contributed by atoms with Crippen molar-refractivity contribution < 1.29 is 0 Å². The zero-order valence-electron chi connectivity index (χ0n) is 4.61. The minimum atomic E-state index is -0.558. The molecule has 1 rings (SSSR count). The fourth-order valence-electron chi connectivity index (χ4n) is 0.425. The fraction of sp³-hybridized carbons (Fsp3) is 0. The second-order valence-corrected chi connectivity index (χ2v) is 1.46. The molecule has 2 N–H and O–H groups in total. The number of hydrogen-bond acceptors (Lipinski definition) is 4. The van der Waals surface area contributed by atoms with E-state index in [0.717, 1.165) is 0 Å². The Morgan fingerprint density at radius 2 is 2.33 bits per heavy atom. The van der Waals surface area contributed by atoms with Crippen LogP contribution in [0.3, 0.4) is 0 Å². The molecule has 0 amide bonds. The third-order valence-electron chi connectivity index (χ3n) is 0.763. The number of hydrogen-bond donors (Lipinski definition) is 1. The highest BCUT2D eigenvalue weighted by Crippen LogP contribution is 1.83. The standard InChI is InChI=1S/C5H5N3O/c6-4-2-1-3-7-5(9)8-4/h1-3H,(H2,6,8,9). The zero-order valence-corrected chi connectivity index (χ0v) is 4.61. The highest BCUT2D eigenvalue weighted by Gasteiger charge is 1.81. The molecule has 0 aliphatic rings. The van der Waals surface area contributed by atoms with Gasteiger partial charge in [0, 0.05) is 6.20 Å². The summed E-state index contributed by atoms with van der Waals surface area (Å²) in [5, 5.41) is 0. The lowest BCUT2D eigenvalue weighted by Crippen LogP contribution is -2.06. The van der Waals surface area contributed by atoms with E-state index in [1.54, 1.807) is 6.07 Å². The first-order valence-corrected chi connectivity index (χ1v) is 2.38. The van der Waals surface area contributed by atoms with E-state index >= 15 is 0 Å². The summed E-state index contributed by atoms with van der Waals surface area (Å²) in [5.74, 6) is 0.192. The molecule has 1 heterocycles. The van der Waals surface area contributed by atoms with Crippen molar-refractivity contribution in [2.45, 2.75) is 0 Å². The summed E-state index contributed by atoms with van der Waals surface area (Å²) in [6.07, 6.45) is 1.35. The van der Waals surface area contributed by atoms with Gasteiger partial charge in [0.1, 0.15) is 5.82 Å². The van der Waals surface area contributed by atoms with Crippen LogP contribution in [0.2, 0.25) is 0 Å². The van der Waals surface area contributed by atoms with Gasteiger partial charge in [-0.3, -0.25) is 0 Å². The zero-order chi connectivity index (χ0) is 6.69. The Hall–Kier alpha value is -1.45. The van der Waals surface area contributed by atoms with Crippen LogP contribution in [0.1, 0.15) is 0 Å². The third kappa shape index (κ3) is 1.49. The monoisotopic (exact) mass is 123 g/mol. The normalized spacial score (nSPS) is 8.89. The van der Waals surface area contributed by atoms with Crippen molar-refractivity contribution in [3.8, 4) is 0 Å². The fourth-order valence-corrected chi connectivity index (χ4v) is 0.425. The van der Waals surface area contributed by atoms with E-state index in [0.29, 0.717) is 0 Å². The predicted molar refractivity (Wildman–Crippen MR) is 32.7 cm³/mol. The SMILES string of the molecule is Nc1cccnc(=O)n1.